The second kappa shape index (κ2) is 6.40. The molecule has 0 saturated carbocycles. The molecule has 1 aromatic carbocycles. The van der Waals surface area contributed by atoms with Gasteiger partial charge in [0, 0.05) is 30.6 Å². The van der Waals surface area contributed by atoms with Crippen LogP contribution in [0.2, 0.25) is 0 Å². The third-order valence-corrected chi connectivity index (χ3v) is 3.71. The largest absolute Gasteiger partial charge is 0.328 e. The number of carbonyl (C=O) groups is 1. The molecule has 0 radical (unpaired) electrons. The van der Waals surface area contributed by atoms with Gasteiger partial charge in [0.15, 0.2) is 0 Å². The predicted octanol–water partition coefficient (Wildman–Crippen LogP) is 1.62. The van der Waals surface area contributed by atoms with Crippen molar-refractivity contribution >= 4 is 5.91 Å². The number of likely N-dealkylation sites (tertiary alicyclic amines) is 1. The molecule has 0 bridgehead atoms. The van der Waals surface area contributed by atoms with Crippen LogP contribution in [-0.2, 0) is 4.79 Å². The molecule has 1 heterocycles. The molecule has 1 saturated heterocycles. The van der Waals surface area contributed by atoms with Crippen molar-refractivity contribution < 1.29 is 4.79 Å². The van der Waals surface area contributed by atoms with Crippen LogP contribution in [0.15, 0.2) is 30.3 Å². The average molecular weight is 256 g/mol. The molecular weight excluding hydrogens is 236 g/mol. The Hall–Kier alpha value is -1.79. The van der Waals surface area contributed by atoms with Crippen LogP contribution in [0.25, 0.3) is 0 Å². The van der Waals surface area contributed by atoms with Gasteiger partial charge in [-0.15, -0.1) is 0 Å². The highest BCUT2D eigenvalue weighted by atomic mass is 16.2. The van der Waals surface area contributed by atoms with Crippen molar-refractivity contribution in [1.82, 2.24) is 4.90 Å². The number of nitrogens with two attached hydrogens (primary N) is 1. The molecule has 2 rings (SSSR count). The maximum atomic E-state index is 12.2. The lowest BCUT2D eigenvalue weighted by Crippen LogP contribution is -2.51. The Morgan fingerprint density at radius 2 is 2.16 bits per heavy atom. The highest BCUT2D eigenvalue weighted by Gasteiger charge is 2.29. The Morgan fingerprint density at radius 1 is 1.42 bits per heavy atom. The molecule has 1 aliphatic heterocycles. The van der Waals surface area contributed by atoms with Gasteiger partial charge in [-0.3, -0.25) is 4.79 Å². The number of hydrogen-bond acceptors (Lipinski definition) is 2. The molecule has 2 unspecified atom stereocenters. The van der Waals surface area contributed by atoms with Crippen LogP contribution in [0.3, 0.4) is 0 Å². The van der Waals surface area contributed by atoms with Crippen molar-refractivity contribution in [3.05, 3.63) is 35.9 Å². The van der Waals surface area contributed by atoms with Crippen LogP contribution in [0.4, 0.5) is 0 Å². The summed E-state index contributed by atoms with van der Waals surface area (Å²) in [5.41, 5.74) is 6.65. The molecule has 0 spiro atoms. The van der Waals surface area contributed by atoms with Gasteiger partial charge >= 0.3 is 0 Å². The Balaban J connectivity index is 2.09. The summed E-state index contributed by atoms with van der Waals surface area (Å²) in [5, 5.41) is 0. The van der Waals surface area contributed by atoms with E-state index >= 15 is 0 Å². The Bertz CT molecular complexity index is 486. The van der Waals surface area contributed by atoms with E-state index in [0.717, 1.165) is 24.9 Å². The van der Waals surface area contributed by atoms with Crippen LogP contribution in [0.1, 0.15) is 25.3 Å². The highest BCUT2D eigenvalue weighted by Crippen LogP contribution is 2.22. The van der Waals surface area contributed by atoms with E-state index in [4.69, 9.17) is 5.73 Å². The standard InChI is InChI=1S/C16H20N2O/c1-13-6-5-11-18(15(13)12-17)16(19)10-9-14-7-3-2-4-8-14/h2-4,7-8,13,15H,5-6,11-12,17H2,1H3. The van der Waals surface area contributed by atoms with Crippen LogP contribution in [0, 0.1) is 17.8 Å². The molecule has 3 nitrogen and oxygen atoms in total. The molecule has 1 amide bonds. The van der Waals surface area contributed by atoms with E-state index in [2.05, 4.69) is 18.8 Å². The molecule has 19 heavy (non-hydrogen) atoms. The quantitative estimate of drug-likeness (QED) is 0.776. The number of amides is 1. The first kappa shape index (κ1) is 13.6. The number of rotatable bonds is 1. The third kappa shape index (κ3) is 3.36. The summed E-state index contributed by atoms with van der Waals surface area (Å²) in [6.45, 7) is 3.44. The van der Waals surface area contributed by atoms with Gasteiger partial charge in [-0.2, -0.15) is 0 Å². The van der Waals surface area contributed by atoms with E-state index in [0.29, 0.717) is 12.5 Å². The van der Waals surface area contributed by atoms with Gasteiger partial charge in [0.25, 0.3) is 5.91 Å². The molecule has 100 valence electrons. The number of benzene rings is 1. The van der Waals surface area contributed by atoms with E-state index in [1.807, 2.05) is 35.2 Å². The van der Waals surface area contributed by atoms with Crippen LogP contribution in [-0.4, -0.2) is 29.9 Å². The summed E-state index contributed by atoms with van der Waals surface area (Å²) in [7, 11) is 0. The summed E-state index contributed by atoms with van der Waals surface area (Å²) in [6.07, 6.45) is 2.17. The summed E-state index contributed by atoms with van der Waals surface area (Å²) in [5.74, 6) is 6.01. The van der Waals surface area contributed by atoms with Gasteiger partial charge in [-0.1, -0.05) is 31.0 Å². The molecular formula is C16H20N2O. The van der Waals surface area contributed by atoms with E-state index < -0.39 is 0 Å². The summed E-state index contributed by atoms with van der Waals surface area (Å²) < 4.78 is 0. The fourth-order valence-electron chi connectivity index (χ4n) is 2.58. The zero-order valence-corrected chi connectivity index (χ0v) is 11.3. The van der Waals surface area contributed by atoms with Gasteiger partial charge in [0.2, 0.25) is 0 Å². The smallest absolute Gasteiger partial charge is 0.299 e. The van der Waals surface area contributed by atoms with E-state index in [9.17, 15) is 4.79 Å². The van der Waals surface area contributed by atoms with E-state index in [1.54, 1.807) is 0 Å². The Kier molecular flexibility index (Phi) is 4.59. The zero-order valence-electron chi connectivity index (χ0n) is 11.3. The van der Waals surface area contributed by atoms with Crippen molar-refractivity contribution in [2.75, 3.05) is 13.1 Å². The van der Waals surface area contributed by atoms with E-state index in [-0.39, 0.29) is 11.9 Å². The number of piperidine rings is 1. The van der Waals surface area contributed by atoms with E-state index in [1.165, 1.54) is 0 Å². The van der Waals surface area contributed by atoms with Crippen molar-refractivity contribution in [2.24, 2.45) is 11.7 Å². The summed E-state index contributed by atoms with van der Waals surface area (Å²) in [6, 6.07) is 9.70. The van der Waals surface area contributed by atoms with Gasteiger partial charge in [-0.25, -0.2) is 0 Å². The molecule has 1 fully saturated rings. The number of nitrogens with zero attached hydrogens (tertiary/aromatic N) is 1. The van der Waals surface area contributed by atoms with Crippen molar-refractivity contribution in [3.63, 3.8) is 0 Å². The lowest BCUT2D eigenvalue weighted by Gasteiger charge is -2.38. The molecule has 2 N–H and O–H groups in total. The Morgan fingerprint density at radius 3 is 2.84 bits per heavy atom. The monoisotopic (exact) mass is 256 g/mol. The zero-order chi connectivity index (χ0) is 13.7. The highest BCUT2D eigenvalue weighted by molar-refractivity contribution is 5.94. The number of hydrogen-bond donors (Lipinski definition) is 1. The molecule has 1 aliphatic rings. The topological polar surface area (TPSA) is 46.3 Å². The first-order valence-electron chi connectivity index (χ1n) is 6.80. The first-order valence-corrected chi connectivity index (χ1v) is 6.80. The van der Waals surface area contributed by atoms with Crippen LogP contribution in [0.5, 0.6) is 0 Å². The van der Waals surface area contributed by atoms with Crippen LogP contribution >= 0.6 is 0 Å². The fourth-order valence-corrected chi connectivity index (χ4v) is 2.58. The summed E-state index contributed by atoms with van der Waals surface area (Å²) >= 11 is 0. The average Bonchev–Trinajstić information content (AvgIpc) is 2.45. The Labute approximate surface area is 114 Å². The van der Waals surface area contributed by atoms with Gasteiger partial charge < -0.3 is 10.6 Å². The van der Waals surface area contributed by atoms with Gasteiger partial charge in [0.05, 0.1) is 0 Å². The maximum Gasteiger partial charge on any atom is 0.299 e. The minimum atomic E-state index is -0.106. The fraction of sp³-hybridized carbons (Fsp3) is 0.438. The molecule has 0 aromatic heterocycles. The molecule has 1 aromatic rings. The van der Waals surface area contributed by atoms with Gasteiger partial charge in [-0.05, 0) is 30.9 Å². The second-order valence-corrected chi connectivity index (χ2v) is 5.04. The van der Waals surface area contributed by atoms with Crippen molar-refractivity contribution in [2.45, 2.75) is 25.8 Å². The number of carbonyl (C=O) groups excluding carboxylic acids is 1. The maximum absolute atomic E-state index is 12.2. The lowest BCUT2D eigenvalue weighted by atomic mass is 9.91. The first-order chi connectivity index (χ1) is 9.22. The predicted molar refractivity (Wildman–Crippen MR) is 76.3 cm³/mol. The van der Waals surface area contributed by atoms with Crippen molar-refractivity contribution in [1.29, 1.82) is 0 Å². The normalized spacial score (nSPS) is 22.5. The minimum absolute atomic E-state index is 0.106. The summed E-state index contributed by atoms with van der Waals surface area (Å²) in [4.78, 5) is 14.0. The second-order valence-electron chi connectivity index (χ2n) is 5.04. The van der Waals surface area contributed by atoms with Crippen molar-refractivity contribution in [3.8, 4) is 11.8 Å². The third-order valence-electron chi connectivity index (χ3n) is 3.71. The SMILES string of the molecule is CC1CCCN(C(=O)C#Cc2ccccc2)C1CN. The minimum Gasteiger partial charge on any atom is -0.328 e. The van der Waals surface area contributed by atoms with Gasteiger partial charge in [0.1, 0.15) is 0 Å². The molecule has 2 atom stereocenters. The molecule has 3 heteroatoms. The molecule has 0 aliphatic carbocycles. The van der Waals surface area contributed by atoms with Crippen LogP contribution < -0.4 is 5.73 Å². The lowest BCUT2D eigenvalue weighted by molar-refractivity contribution is -0.129.